The molecule has 0 spiro atoms. The first-order valence-corrected chi connectivity index (χ1v) is 6.35. The summed E-state index contributed by atoms with van der Waals surface area (Å²) in [6, 6.07) is 8.88. The van der Waals surface area contributed by atoms with Crippen molar-refractivity contribution in [2.24, 2.45) is 0 Å². The molecule has 2 amide bonds. The maximum Gasteiger partial charge on any atom is 0.243 e. The lowest BCUT2D eigenvalue weighted by molar-refractivity contribution is -0.136. The number of amides is 2. The number of nitrogens with one attached hydrogen (secondary N) is 2. The number of carbonyl (C=O) groups excluding carboxylic acids is 2. The van der Waals surface area contributed by atoms with E-state index in [0.29, 0.717) is 12.8 Å². The standard InChI is InChI=1S/C14H18N2O2/c1-2-6-11-13(17)16-12(14(18)15-11)9-10-7-4-3-5-8-10/h3-5,7-8,11-12H,2,6,9H2,1H3,(H,15,18)(H,16,17). The van der Waals surface area contributed by atoms with E-state index in [1.807, 2.05) is 37.3 Å². The highest BCUT2D eigenvalue weighted by molar-refractivity contribution is 5.97. The monoisotopic (exact) mass is 246 g/mol. The minimum absolute atomic E-state index is 0.0719. The van der Waals surface area contributed by atoms with Gasteiger partial charge in [-0.1, -0.05) is 43.7 Å². The third-order valence-electron chi connectivity index (χ3n) is 3.13. The lowest BCUT2D eigenvalue weighted by Gasteiger charge is -2.29. The van der Waals surface area contributed by atoms with Gasteiger partial charge in [-0.2, -0.15) is 0 Å². The van der Waals surface area contributed by atoms with Crippen molar-refractivity contribution in [3.63, 3.8) is 0 Å². The zero-order chi connectivity index (χ0) is 13.0. The Bertz CT molecular complexity index is 431. The summed E-state index contributed by atoms with van der Waals surface area (Å²) in [5.41, 5.74) is 1.05. The smallest absolute Gasteiger partial charge is 0.243 e. The van der Waals surface area contributed by atoms with Crippen molar-refractivity contribution < 1.29 is 9.59 Å². The molecular weight excluding hydrogens is 228 g/mol. The first kappa shape index (κ1) is 12.6. The maximum absolute atomic E-state index is 11.9. The fourth-order valence-electron chi connectivity index (χ4n) is 2.16. The van der Waals surface area contributed by atoms with Gasteiger partial charge in [-0.25, -0.2) is 0 Å². The molecule has 4 heteroatoms. The van der Waals surface area contributed by atoms with Crippen LogP contribution in [0.2, 0.25) is 0 Å². The number of rotatable bonds is 4. The highest BCUT2D eigenvalue weighted by Crippen LogP contribution is 2.09. The predicted molar refractivity (Wildman–Crippen MR) is 68.9 cm³/mol. The molecule has 1 aliphatic heterocycles. The average molecular weight is 246 g/mol. The predicted octanol–water partition coefficient (Wildman–Crippen LogP) is 1.01. The van der Waals surface area contributed by atoms with Crippen molar-refractivity contribution in [2.45, 2.75) is 38.3 Å². The Morgan fingerprint density at radius 1 is 1.00 bits per heavy atom. The molecule has 96 valence electrons. The Morgan fingerprint density at radius 3 is 2.28 bits per heavy atom. The van der Waals surface area contributed by atoms with Gasteiger partial charge < -0.3 is 10.6 Å². The van der Waals surface area contributed by atoms with Gasteiger partial charge in [0.15, 0.2) is 0 Å². The van der Waals surface area contributed by atoms with Crippen LogP contribution < -0.4 is 10.6 Å². The van der Waals surface area contributed by atoms with Crippen LogP contribution in [0.3, 0.4) is 0 Å². The normalized spacial score (nSPS) is 23.4. The van der Waals surface area contributed by atoms with Gasteiger partial charge in [0.25, 0.3) is 0 Å². The topological polar surface area (TPSA) is 58.2 Å². The second-order valence-electron chi connectivity index (χ2n) is 4.60. The Hall–Kier alpha value is -1.84. The zero-order valence-corrected chi connectivity index (χ0v) is 10.5. The molecule has 0 aliphatic carbocycles. The third kappa shape index (κ3) is 2.88. The molecular formula is C14H18N2O2. The van der Waals surface area contributed by atoms with Gasteiger partial charge in [-0.15, -0.1) is 0 Å². The largest absolute Gasteiger partial charge is 0.343 e. The van der Waals surface area contributed by atoms with Crippen LogP contribution in [0.4, 0.5) is 0 Å². The molecule has 2 atom stereocenters. The van der Waals surface area contributed by atoms with Crippen LogP contribution in [-0.4, -0.2) is 23.9 Å². The molecule has 2 rings (SSSR count). The van der Waals surface area contributed by atoms with Crippen LogP contribution in [0.15, 0.2) is 30.3 Å². The van der Waals surface area contributed by atoms with E-state index < -0.39 is 6.04 Å². The molecule has 0 bridgehead atoms. The molecule has 1 fully saturated rings. The zero-order valence-electron chi connectivity index (χ0n) is 10.5. The summed E-state index contributed by atoms with van der Waals surface area (Å²) in [7, 11) is 0. The van der Waals surface area contributed by atoms with Gasteiger partial charge in [0, 0.05) is 6.42 Å². The minimum atomic E-state index is -0.451. The Morgan fingerprint density at radius 2 is 1.61 bits per heavy atom. The van der Waals surface area contributed by atoms with Crippen LogP contribution >= 0.6 is 0 Å². The molecule has 0 radical (unpaired) electrons. The van der Waals surface area contributed by atoms with Crippen molar-refractivity contribution in [1.82, 2.24) is 10.6 Å². The third-order valence-corrected chi connectivity index (χ3v) is 3.13. The van der Waals surface area contributed by atoms with Gasteiger partial charge in [-0.3, -0.25) is 9.59 Å². The molecule has 4 nitrogen and oxygen atoms in total. The summed E-state index contributed by atoms with van der Waals surface area (Å²) in [5.74, 6) is -0.158. The molecule has 1 aromatic carbocycles. The molecule has 0 saturated carbocycles. The van der Waals surface area contributed by atoms with E-state index in [2.05, 4.69) is 10.6 Å². The number of piperazine rings is 1. The Kier molecular flexibility index (Phi) is 3.97. The van der Waals surface area contributed by atoms with E-state index in [1.54, 1.807) is 0 Å². The summed E-state index contributed by atoms with van der Waals surface area (Å²) >= 11 is 0. The SMILES string of the molecule is CCCC1NC(=O)C(Cc2ccccc2)NC1=O. The molecule has 2 unspecified atom stereocenters. The van der Waals surface area contributed by atoms with Crippen molar-refractivity contribution in [2.75, 3.05) is 0 Å². The first-order chi connectivity index (χ1) is 8.70. The van der Waals surface area contributed by atoms with Gasteiger partial charge in [-0.05, 0) is 12.0 Å². The fraction of sp³-hybridized carbons (Fsp3) is 0.429. The van der Waals surface area contributed by atoms with Crippen LogP contribution in [0.25, 0.3) is 0 Å². The van der Waals surface area contributed by atoms with Crippen LogP contribution in [0.1, 0.15) is 25.3 Å². The van der Waals surface area contributed by atoms with Crippen molar-refractivity contribution in [1.29, 1.82) is 0 Å². The van der Waals surface area contributed by atoms with E-state index in [-0.39, 0.29) is 17.9 Å². The van der Waals surface area contributed by atoms with Crippen molar-refractivity contribution >= 4 is 11.8 Å². The van der Waals surface area contributed by atoms with Crippen molar-refractivity contribution in [3.05, 3.63) is 35.9 Å². The number of benzene rings is 1. The number of hydrogen-bond acceptors (Lipinski definition) is 2. The summed E-state index contributed by atoms with van der Waals surface area (Å²) < 4.78 is 0. The van der Waals surface area contributed by atoms with Crippen molar-refractivity contribution in [3.8, 4) is 0 Å². The molecule has 0 aromatic heterocycles. The van der Waals surface area contributed by atoms with Crippen LogP contribution in [0, 0.1) is 0 Å². The Labute approximate surface area is 107 Å². The summed E-state index contributed by atoms with van der Waals surface area (Å²) in [6.45, 7) is 2.00. The van der Waals surface area contributed by atoms with Gasteiger partial charge in [0.2, 0.25) is 11.8 Å². The van der Waals surface area contributed by atoms with Crippen LogP contribution in [-0.2, 0) is 16.0 Å². The minimum Gasteiger partial charge on any atom is -0.343 e. The van der Waals surface area contributed by atoms with Crippen LogP contribution in [0.5, 0.6) is 0 Å². The summed E-state index contributed by atoms with van der Waals surface area (Å²) in [6.07, 6.45) is 2.11. The lowest BCUT2D eigenvalue weighted by Crippen LogP contribution is -2.62. The maximum atomic E-state index is 11.9. The number of carbonyl (C=O) groups is 2. The highest BCUT2D eigenvalue weighted by atomic mass is 16.2. The molecule has 1 aliphatic rings. The van der Waals surface area contributed by atoms with Gasteiger partial charge in [0.1, 0.15) is 12.1 Å². The lowest BCUT2D eigenvalue weighted by atomic mass is 10.0. The number of hydrogen-bond donors (Lipinski definition) is 2. The highest BCUT2D eigenvalue weighted by Gasteiger charge is 2.32. The summed E-state index contributed by atoms with van der Waals surface area (Å²) in [5, 5.41) is 5.58. The van der Waals surface area contributed by atoms with E-state index in [1.165, 1.54) is 0 Å². The summed E-state index contributed by atoms with van der Waals surface area (Å²) in [4.78, 5) is 23.7. The Balaban J connectivity index is 1.99. The molecule has 1 heterocycles. The van der Waals surface area contributed by atoms with Gasteiger partial charge >= 0.3 is 0 Å². The molecule has 18 heavy (non-hydrogen) atoms. The average Bonchev–Trinajstić information content (AvgIpc) is 2.37. The van der Waals surface area contributed by atoms with Gasteiger partial charge in [0.05, 0.1) is 0 Å². The second kappa shape index (κ2) is 5.67. The second-order valence-corrected chi connectivity index (χ2v) is 4.60. The molecule has 1 aromatic rings. The molecule has 1 saturated heterocycles. The van der Waals surface area contributed by atoms with E-state index >= 15 is 0 Å². The van der Waals surface area contributed by atoms with E-state index in [0.717, 1.165) is 12.0 Å². The van der Waals surface area contributed by atoms with E-state index in [9.17, 15) is 9.59 Å². The first-order valence-electron chi connectivity index (χ1n) is 6.35. The van der Waals surface area contributed by atoms with E-state index in [4.69, 9.17) is 0 Å². The fourth-order valence-corrected chi connectivity index (χ4v) is 2.16. The quantitative estimate of drug-likeness (QED) is 0.833. The molecule has 2 N–H and O–H groups in total.